The zero-order valence-electron chi connectivity index (χ0n) is 10.9. The fraction of sp³-hybridized carbons (Fsp3) is 0.600. The maximum atomic E-state index is 10.6. The van der Waals surface area contributed by atoms with E-state index in [9.17, 15) is 5.11 Å². The van der Waals surface area contributed by atoms with Crippen molar-refractivity contribution < 1.29 is 5.11 Å². The molecule has 1 aliphatic carbocycles. The van der Waals surface area contributed by atoms with Gasteiger partial charge in [0.05, 0.1) is 5.60 Å². The van der Waals surface area contributed by atoms with Gasteiger partial charge in [0.2, 0.25) is 0 Å². The summed E-state index contributed by atoms with van der Waals surface area (Å²) in [7, 11) is 0. The van der Waals surface area contributed by atoms with Crippen molar-refractivity contribution in [2.24, 2.45) is 0 Å². The van der Waals surface area contributed by atoms with Crippen LogP contribution < -0.4 is 10.2 Å². The topological polar surface area (TPSA) is 35.5 Å². The van der Waals surface area contributed by atoms with E-state index in [-0.39, 0.29) is 0 Å². The Balaban J connectivity index is 1.83. The van der Waals surface area contributed by atoms with Gasteiger partial charge in [-0.1, -0.05) is 31.0 Å². The predicted octanol–water partition coefficient (Wildman–Crippen LogP) is 1.90. The molecule has 0 unspecified atom stereocenters. The lowest BCUT2D eigenvalue weighted by Gasteiger charge is -2.33. The molecule has 1 fully saturated rings. The number of β-amino-alcohol motifs (C(OH)–C–C–N with tert-alkyl or cyclic N) is 1. The van der Waals surface area contributed by atoms with Gasteiger partial charge < -0.3 is 15.3 Å². The van der Waals surface area contributed by atoms with Crippen molar-refractivity contribution in [1.82, 2.24) is 5.32 Å². The molecular weight excluding hydrogens is 224 g/mol. The zero-order valence-corrected chi connectivity index (χ0v) is 10.9. The van der Waals surface area contributed by atoms with Gasteiger partial charge in [0.15, 0.2) is 0 Å². The summed E-state index contributed by atoms with van der Waals surface area (Å²) >= 11 is 0. The molecule has 1 aromatic carbocycles. The van der Waals surface area contributed by atoms with Crippen molar-refractivity contribution in [1.29, 1.82) is 0 Å². The molecule has 1 aliphatic heterocycles. The first-order valence-electron chi connectivity index (χ1n) is 7.03. The summed E-state index contributed by atoms with van der Waals surface area (Å²) in [6.07, 6.45) is 4.26. The van der Waals surface area contributed by atoms with Crippen molar-refractivity contribution in [3.05, 3.63) is 29.8 Å². The molecule has 98 valence electrons. The van der Waals surface area contributed by atoms with Gasteiger partial charge in [-0.2, -0.15) is 0 Å². The molecule has 3 rings (SSSR count). The minimum Gasteiger partial charge on any atom is -0.388 e. The maximum absolute atomic E-state index is 10.6. The van der Waals surface area contributed by atoms with E-state index in [0.717, 1.165) is 39.0 Å². The molecule has 2 N–H and O–H groups in total. The molecule has 2 aliphatic rings. The minimum atomic E-state index is -0.461. The van der Waals surface area contributed by atoms with E-state index in [2.05, 4.69) is 34.5 Å². The number of benzene rings is 1. The van der Waals surface area contributed by atoms with E-state index in [1.54, 1.807) is 0 Å². The summed E-state index contributed by atoms with van der Waals surface area (Å²) in [6, 6.07) is 8.55. The molecule has 0 radical (unpaired) electrons. The molecule has 0 aromatic heterocycles. The maximum Gasteiger partial charge on any atom is 0.0821 e. The lowest BCUT2D eigenvalue weighted by molar-refractivity contribution is 0.0549. The number of hydrogen-bond donors (Lipinski definition) is 2. The molecule has 1 aromatic rings. The van der Waals surface area contributed by atoms with Crippen LogP contribution in [0.2, 0.25) is 0 Å². The first kappa shape index (κ1) is 12.0. The second kappa shape index (κ2) is 4.90. The largest absolute Gasteiger partial charge is 0.388 e. The monoisotopic (exact) mass is 246 g/mol. The van der Waals surface area contributed by atoms with Crippen LogP contribution in [0.5, 0.6) is 0 Å². The predicted molar refractivity (Wildman–Crippen MR) is 73.8 cm³/mol. The van der Waals surface area contributed by atoms with Crippen LogP contribution in [0, 0.1) is 0 Å². The van der Waals surface area contributed by atoms with E-state index >= 15 is 0 Å². The Kier molecular flexibility index (Phi) is 3.27. The Morgan fingerprint density at radius 2 is 2.00 bits per heavy atom. The lowest BCUT2D eigenvalue weighted by Crippen LogP contribution is -2.42. The number of para-hydroxylation sites is 1. The van der Waals surface area contributed by atoms with Crippen LogP contribution in [0.25, 0.3) is 0 Å². The number of aliphatic hydroxyl groups is 1. The third-order valence-electron chi connectivity index (χ3n) is 4.23. The third-order valence-corrected chi connectivity index (χ3v) is 4.23. The molecule has 3 heteroatoms. The molecule has 0 bridgehead atoms. The Morgan fingerprint density at radius 3 is 2.83 bits per heavy atom. The smallest absolute Gasteiger partial charge is 0.0821 e. The van der Waals surface area contributed by atoms with Gasteiger partial charge in [-0.15, -0.1) is 0 Å². The van der Waals surface area contributed by atoms with E-state index in [0.29, 0.717) is 0 Å². The van der Waals surface area contributed by atoms with Gasteiger partial charge in [0.25, 0.3) is 0 Å². The van der Waals surface area contributed by atoms with E-state index in [1.165, 1.54) is 24.1 Å². The number of rotatable bonds is 2. The summed E-state index contributed by atoms with van der Waals surface area (Å²) in [4.78, 5) is 2.36. The molecule has 0 saturated heterocycles. The second-order valence-electron chi connectivity index (χ2n) is 5.66. The normalized spacial score (nSPS) is 22.6. The molecular formula is C15H22N2O. The van der Waals surface area contributed by atoms with Crippen LogP contribution in [0.4, 0.5) is 5.69 Å². The molecule has 0 amide bonds. The van der Waals surface area contributed by atoms with E-state index in [4.69, 9.17) is 0 Å². The van der Waals surface area contributed by atoms with Crippen LogP contribution >= 0.6 is 0 Å². The average molecular weight is 246 g/mol. The van der Waals surface area contributed by atoms with Crippen molar-refractivity contribution in [3.8, 4) is 0 Å². The molecule has 0 spiro atoms. The van der Waals surface area contributed by atoms with Crippen LogP contribution in [-0.4, -0.2) is 30.3 Å². The van der Waals surface area contributed by atoms with Gasteiger partial charge in [0, 0.05) is 31.9 Å². The standard InChI is InChI=1S/C15H22N2O/c18-15(7-3-4-8-15)12-17-10-9-16-11-13-5-1-2-6-14(13)17/h1-2,5-6,16,18H,3-4,7-12H2. The highest BCUT2D eigenvalue weighted by Gasteiger charge is 2.33. The van der Waals surface area contributed by atoms with Crippen molar-refractivity contribution in [3.63, 3.8) is 0 Å². The minimum absolute atomic E-state index is 0.461. The SMILES string of the molecule is OC1(CN2CCNCc3ccccc32)CCCC1. The lowest BCUT2D eigenvalue weighted by atomic mass is 10.0. The Labute approximate surface area is 109 Å². The van der Waals surface area contributed by atoms with Crippen molar-refractivity contribution in [2.45, 2.75) is 37.8 Å². The van der Waals surface area contributed by atoms with Crippen LogP contribution in [0.3, 0.4) is 0 Å². The summed E-state index contributed by atoms with van der Waals surface area (Å²) in [5, 5.41) is 14.0. The number of nitrogens with zero attached hydrogens (tertiary/aromatic N) is 1. The average Bonchev–Trinajstić information content (AvgIpc) is 2.70. The Bertz CT molecular complexity index is 413. The number of hydrogen-bond acceptors (Lipinski definition) is 3. The summed E-state index contributed by atoms with van der Waals surface area (Å²) in [5.74, 6) is 0. The van der Waals surface area contributed by atoms with Crippen LogP contribution in [0.15, 0.2) is 24.3 Å². The highest BCUT2D eigenvalue weighted by Crippen LogP contribution is 2.32. The van der Waals surface area contributed by atoms with E-state index < -0.39 is 5.60 Å². The van der Waals surface area contributed by atoms with Gasteiger partial charge in [-0.05, 0) is 24.5 Å². The number of nitrogens with one attached hydrogen (secondary N) is 1. The van der Waals surface area contributed by atoms with Crippen LogP contribution in [0.1, 0.15) is 31.2 Å². The molecule has 1 saturated carbocycles. The third kappa shape index (κ3) is 2.38. The number of fused-ring (bicyclic) bond motifs is 1. The fourth-order valence-corrected chi connectivity index (χ4v) is 3.24. The quantitative estimate of drug-likeness (QED) is 0.836. The molecule has 0 atom stereocenters. The van der Waals surface area contributed by atoms with E-state index in [1.807, 2.05) is 0 Å². The van der Waals surface area contributed by atoms with Gasteiger partial charge in [-0.25, -0.2) is 0 Å². The van der Waals surface area contributed by atoms with Gasteiger partial charge in [-0.3, -0.25) is 0 Å². The van der Waals surface area contributed by atoms with Crippen molar-refractivity contribution >= 4 is 5.69 Å². The zero-order chi connectivity index (χ0) is 12.4. The van der Waals surface area contributed by atoms with Gasteiger partial charge >= 0.3 is 0 Å². The first-order chi connectivity index (χ1) is 8.77. The van der Waals surface area contributed by atoms with Crippen molar-refractivity contribution in [2.75, 3.05) is 24.5 Å². The first-order valence-corrected chi connectivity index (χ1v) is 7.03. The molecule has 1 heterocycles. The van der Waals surface area contributed by atoms with Gasteiger partial charge in [0.1, 0.15) is 0 Å². The highest BCUT2D eigenvalue weighted by atomic mass is 16.3. The molecule has 3 nitrogen and oxygen atoms in total. The van der Waals surface area contributed by atoms with Crippen LogP contribution in [-0.2, 0) is 6.54 Å². The fourth-order valence-electron chi connectivity index (χ4n) is 3.24. The Hall–Kier alpha value is -1.06. The second-order valence-corrected chi connectivity index (χ2v) is 5.66. The Morgan fingerprint density at radius 1 is 1.22 bits per heavy atom. The summed E-state index contributed by atoms with van der Waals surface area (Å²) in [5.41, 5.74) is 2.18. The summed E-state index contributed by atoms with van der Waals surface area (Å²) < 4.78 is 0. The molecule has 18 heavy (non-hydrogen) atoms. The highest BCUT2D eigenvalue weighted by molar-refractivity contribution is 5.54. The summed E-state index contributed by atoms with van der Waals surface area (Å²) in [6.45, 7) is 3.70. The number of anilines is 1.